The molecule has 84 valence electrons. The molecule has 0 heterocycles. The van der Waals surface area contributed by atoms with Crippen LogP contribution < -0.4 is 5.32 Å². The first-order valence-electron chi connectivity index (χ1n) is 5.34. The summed E-state index contributed by atoms with van der Waals surface area (Å²) in [6.07, 6.45) is 3.50. The number of halogens is 1. The molecule has 0 aliphatic rings. The summed E-state index contributed by atoms with van der Waals surface area (Å²) in [5.74, 6) is 0.796. The van der Waals surface area contributed by atoms with Gasteiger partial charge in [-0.15, -0.1) is 11.6 Å². The van der Waals surface area contributed by atoms with Crippen molar-refractivity contribution < 1.29 is 4.79 Å². The van der Waals surface area contributed by atoms with Gasteiger partial charge in [0.05, 0.1) is 0 Å². The highest BCUT2D eigenvalue weighted by Gasteiger charge is 2.15. The van der Waals surface area contributed by atoms with Crippen molar-refractivity contribution in [2.75, 3.05) is 12.4 Å². The fraction of sp³-hybridized carbons (Fsp3) is 0.909. The molecular weight excluding hydrogens is 198 g/mol. The fourth-order valence-corrected chi connectivity index (χ4v) is 1.12. The van der Waals surface area contributed by atoms with Crippen molar-refractivity contribution in [1.29, 1.82) is 0 Å². The number of carbonyl (C=O) groups is 1. The molecule has 0 aliphatic carbocycles. The Morgan fingerprint density at radius 2 is 2.00 bits per heavy atom. The van der Waals surface area contributed by atoms with Gasteiger partial charge in [0, 0.05) is 18.8 Å². The smallest absolute Gasteiger partial charge is 0.220 e. The summed E-state index contributed by atoms with van der Waals surface area (Å²) in [6, 6.07) is 0. The molecule has 0 spiro atoms. The summed E-state index contributed by atoms with van der Waals surface area (Å²) in [6.45, 7) is 7.22. The zero-order valence-electron chi connectivity index (χ0n) is 9.53. The number of rotatable bonds is 7. The number of carbonyl (C=O) groups excluding carboxylic acids is 1. The van der Waals surface area contributed by atoms with Crippen LogP contribution in [0, 0.1) is 5.41 Å². The second-order valence-corrected chi connectivity index (χ2v) is 4.82. The Morgan fingerprint density at radius 1 is 1.36 bits per heavy atom. The summed E-state index contributed by atoms with van der Waals surface area (Å²) >= 11 is 5.53. The predicted molar refractivity (Wildman–Crippen MR) is 61.7 cm³/mol. The summed E-state index contributed by atoms with van der Waals surface area (Å²) in [5.41, 5.74) is 0.210. The fourth-order valence-electron chi connectivity index (χ4n) is 0.931. The zero-order chi connectivity index (χ0) is 11.0. The maximum atomic E-state index is 11.3. The highest BCUT2D eigenvalue weighted by atomic mass is 35.5. The Bertz CT molecular complexity index is 169. The molecule has 1 amide bonds. The Kier molecular flexibility index (Phi) is 6.98. The molecule has 0 saturated heterocycles. The molecule has 14 heavy (non-hydrogen) atoms. The molecule has 0 unspecified atom stereocenters. The first-order chi connectivity index (χ1) is 6.52. The quantitative estimate of drug-likeness (QED) is 0.518. The van der Waals surface area contributed by atoms with Crippen LogP contribution >= 0.6 is 11.6 Å². The summed E-state index contributed by atoms with van der Waals surface area (Å²) in [5, 5.41) is 2.95. The van der Waals surface area contributed by atoms with Crippen molar-refractivity contribution in [3.63, 3.8) is 0 Å². The lowest BCUT2D eigenvalue weighted by Gasteiger charge is -2.22. The third-order valence-electron chi connectivity index (χ3n) is 2.51. The number of amides is 1. The van der Waals surface area contributed by atoms with Gasteiger partial charge in [0.1, 0.15) is 0 Å². The Hall–Kier alpha value is -0.240. The van der Waals surface area contributed by atoms with Crippen molar-refractivity contribution in [3.8, 4) is 0 Å². The van der Waals surface area contributed by atoms with Gasteiger partial charge in [0.25, 0.3) is 0 Å². The molecule has 0 fully saturated rings. The van der Waals surface area contributed by atoms with Crippen LogP contribution in [-0.2, 0) is 4.79 Å². The van der Waals surface area contributed by atoms with E-state index in [2.05, 4.69) is 26.1 Å². The van der Waals surface area contributed by atoms with Gasteiger partial charge in [0.15, 0.2) is 0 Å². The van der Waals surface area contributed by atoms with Gasteiger partial charge in [-0.05, 0) is 24.7 Å². The SMILES string of the molecule is CCC(C)(C)CNC(=O)CCCCCl. The minimum absolute atomic E-state index is 0.150. The van der Waals surface area contributed by atoms with Crippen LogP contribution in [0.3, 0.4) is 0 Å². The molecule has 0 aromatic heterocycles. The van der Waals surface area contributed by atoms with E-state index in [1.54, 1.807) is 0 Å². The maximum Gasteiger partial charge on any atom is 0.220 e. The molecule has 0 bridgehead atoms. The van der Waals surface area contributed by atoms with Crippen LogP contribution in [0.15, 0.2) is 0 Å². The lowest BCUT2D eigenvalue weighted by molar-refractivity contribution is -0.121. The van der Waals surface area contributed by atoms with Crippen LogP contribution in [0.4, 0.5) is 0 Å². The minimum Gasteiger partial charge on any atom is -0.356 e. The summed E-state index contributed by atoms with van der Waals surface area (Å²) in [4.78, 5) is 11.3. The Labute approximate surface area is 92.4 Å². The van der Waals surface area contributed by atoms with Crippen molar-refractivity contribution in [3.05, 3.63) is 0 Å². The summed E-state index contributed by atoms with van der Waals surface area (Å²) in [7, 11) is 0. The molecular formula is C11H22ClNO. The van der Waals surface area contributed by atoms with Crippen LogP contribution in [-0.4, -0.2) is 18.3 Å². The normalized spacial score (nSPS) is 11.4. The molecule has 1 N–H and O–H groups in total. The third kappa shape index (κ3) is 7.19. The van der Waals surface area contributed by atoms with Crippen molar-refractivity contribution >= 4 is 17.5 Å². The van der Waals surface area contributed by atoms with Crippen LogP contribution in [0.25, 0.3) is 0 Å². The standard InChI is InChI=1S/C11H22ClNO/c1-4-11(2,3)9-13-10(14)7-5-6-8-12/h4-9H2,1-3H3,(H,13,14). The Morgan fingerprint density at radius 3 is 2.50 bits per heavy atom. The van der Waals surface area contributed by atoms with E-state index in [4.69, 9.17) is 11.6 Å². The largest absolute Gasteiger partial charge is 0.356 e. The number of hydrogen-bond acceptors (Lipinski definition) is 1. The average Bonchev–Trinajstić information content (AvgIpc) is 2.16. The average molecular weight is 220 g/mol. The van der Waals surface area contributed by atoms with Crippen molar-refractivity contribution in [2.45, 2.75) is 46.5 Å². The van der Waals surface area contributed by atoms with E-state index in [1.165, 1.54) is 0 Å². The van der Waals surface area contributed by atoms with Gasteiger partial charge in [-0.1, -0.05) is 20.8 Å². The van der Waals surface area contributed by atoms with Crippen LogP contribution in [0.5, 0.6) is 0 Å². The van der Waals surface area contributed by atoms with Crippen LogP contribution in [0.2, 0.25) is 0 Å². The van der Waals surface area contributed by atoms with E-state index in [1.807, 2.05) is 0 Å². The molecule has 0 atom stereocenters. The first kappa shape index (κ1) is 13.8. The minimum atomic E-state index is 0.150. The molecule has 0 aliphatic heterocycles. The van der Waals surface area contributed by atoms with Crippen molar-refractivity contribution in [1.82, 2.24) is 5.32 Å². The van der Waals surface area contributed by atoms with Gasteiger partial charge in [-0.3, -0.25) is 4.79 Å². The summed E-state index contributed by atoms with van der Waals surface area (Å²) < 4.78 is 0. The molecule has 0 radical (unpaired) electrons. The zero-order valence-corrected chi connectivity index (χ0v) is 10.3. The third-order valence-corrected chi connectivity index (χ3v) is 2.78. The predicted octanol–water partition coefficient (Wildman–Crippen LogP) is 2.95. The van der Waals surface area contributed by atoms with Gasteiger partial charge in [-0.25, -0.2) is 0 Å². The molecule has 3 heteroatoms. The highest BCUT2D eigenvalue weighted by Crippen LogP contribution is 2.17. The first-order valence-corrected chi connectivity index (χ1v) is 5.88. The lowest BCUT2D eigenvalue weighted by Crippen LogP contribution is -2.33. The van der Waals surface area contributed by atoms with Gasteiger partial charge >= 0.3 is 0 Å². The van der Waals surface area contributed by atoms with E-state index in [0.717, 1.165) is 25.8 Å². The van der Waals surface area contributed by atoms with E-state index in [0.29, 0.717) is 12.3 Å². The molecule has 2 nitrogen and oxygen atoms in total. The monoisotopic (exact) mass is 219 g/mol. The Balaban J connectivity index is 3.53. The van der Waals surface area contributed by atoms with E-state index in [-0.39, 0.29) is 11.3 Å². The molecule has 0 aromatic rings. The van der Waals surface area contributed by atoms with E-state index < -0.39 is 0 Å². The van der Waals surface area contributed by atoms with E-state index >= 15 is 0 Å². The number of unbranched alkanes of at least 4 members (excludes halogenated alkanes) is 1. The van der Waals surface area contributed by atoms with Gasteiger partial charge < -0.3 is 5.32 Å². The molecule has 0 rings (SSSR count). The number of alkyl halides is 1. The van der Waals surface area contributed by atoms with Gasteiger partial charge in [0.2, 0.25) is 5.91 Å². The van der Waals surface area contributed by atoms with Crippen LogP contribution in [0.1, 0.15) is 46.5 Å². The topological polar surface area (TPSA) is 29.1 Å². The molecule has 0 saturated carbocycles. The molecule has 0 aromatic carbocycles. The van der Waals surface area contributed by atoms with Crippen molar-refractivity contribution in [2.24, 2.45) is 5.41 Å². The lowest BCUT2D eigenvalue weighted by atomic mass is 9.90. The highest BCUT2D eigenvalue weighted by molar-refractivity contribution is 6.17. The number of nitrogens with one attached hydrogen (secondary N) is 1. The van der Waals surface area contributed by atoms with Gasteiger partial charge in [-0.2, -0.15) is 0 Å². The number of hydrogen-bond donors (Lipinski definition) is 1. The second kappa shape index (κ2) is 7.10. The maximum absolute atomic E-state index is 11.3. The second-order valence-electron chi connectivity index (χ2n) is 4.44. The van der Waals surface area contributed by atoms with E-state index in [9.17, 15) is 4.79 Å².